The standard InChI is InChI=1S/C14H24N4O4/c19-15-13-11(17-3-7-21-8-4-17)1-2-12(14(13)16-20)18-5-9-22-10-6-18/h11-12,19-20H,1-10H2/b15-13+,16-14?/t11-,12+/m0/s1. The zero-order valence-electron chi connectivity index (χ0n) is 12.7. The second kappa shape index (κ2) is 7.36. The summed E-state index contributed by atoms with van der Waals surface area (Å²) in [5.74, 6) is 0. The fraction of sp³-hybridized carbons (Fsp3) is 0.857. The van der Waals surface area contributed by atoms with Gasteiger partial charge < -0.3 is 19.9 Å². The minimum Gasteiger partial charge on any atom is -0.411 e. The van der Waals surface area contributed by atoms with Gasteiger partial charge in [-0.3, -0.25) is 9.80 Å². The van der Waals surface area contributed by atoms with Crippen molar-refractivity contribution in [3.63, 3.8) is 0 Å². The number of nitrogens with zero attached hydrogens (tertiary/aromatic N) is 4. The van der Waals surface area contributed by atoms with Crippen LogP contribution in [-0.4, -0.2) is 96.3 Å². The third-order valence-electron chi connectivity index (χ3n) is 4.80. The second-order valence-electron chi connectivity index (χ2n) is 5.88. The van der Waals surface area contributed by atoms with Gasteiger partial charge in [-0.1, -0.05) is 10.3 Å². The van der Waals surface area contributed by atoms with Crippen LogP contribution in [0.2, 0.25) is 0 Å². The van der Waals surface area contributed by atoms with Crippen molar-refractivity contribution in [3.05, 3.63) is 0 Å². The van der Waals surface area contributed by atoms with E-state index >= 15 is 0 Å². The summed E-state index contributed by atoms with van der Waals surface area (Å²) in [5.41, 5.74) is 0.985. The van der Waals surface area contributed by atoms with Crippen molar-refractivity contribution in [3.8, 4) is 0 Å². The highest BCUT2D eigenvalue weighted by Crippen LogP contribution is 2.25. The van der Waals surface area contributed by atoms with Gasteiger partial charge in [0.1, 0.15) is 11.4 Å². The van der Waals surface area contributed by atoms with Gasteiger partial charge in [-0.15, -0.1) is 0 Å². The molecule has 0 aromatic heterocycles. The molecule has 2 atom stereocenters. The zero-order valence-corrected chi connectivity index (χ0v) is 12.7. The Morgan fingerprint density at radius 2 is 1.09 bits per heavy atom. The first-order valence-corrected chi connectivity index (χ1v) is 7.93. The highest BCUT2D eigenvalue weighted by molar-refractivity contribution is 6.46. The Morgan fingerprint density at radius 3 is 1.41 bits per heavy atom. The van der Waals surface area contributed by atoms with Gasteiger partial charge in [0.15, 0.2) is 0 Å². The smallest absolute Gasteiger partial charge is 0.123 e. The van der Waals surface area contributed by atoms with Gasteiger partial charge in [0, 0.05) is 26.2 Å². The highest BCUT2D eigenvalue weighted by atomic mass is 16.5. The molecule has 2 saturated heterocycles. The largest absolute Gasteiger partial charge is 0.411 e. The van der Waals surface area contributed by atoms with E-state index in [4.69, 9.17) is 9.47 Å². The topological polar surface area (TPSA) is 90.1 Å². The zero-order chi connectivity index (χ0) is 15.4. The molecule has 0 unspecified atom stereocenters. The lowest BCUT2D eigenvalue weighted by Crippen LogP contribution is -2.58. The van der Waals surface area contributed by atoms with Crippen LogP contribution in [0, 0.1) is 0 Å². The first-order chi connectivity index (χ1) is 10.8. The van der Waals surface area contributed by atoms with Crippen LogP contribution in [0.15, 0.2) is 10.3 Å². The number of ether oxygens (including phenoxy) is 2. The van der Waals surface area contributed by atoms with Crippen LogP contribution in [0.4, 0.5) is 0 Å². The molecule has 2 aliphatic heterocycles. The molecule has 8 nitrogen and oxygen atoms in total. The monoisotopic (exact) mass is 312 g/mol. The molecule has 1 saturated carbocycles. The van der Waals surface area contributed by atoms with E-state index in [0.29, 0.717) is 37.9 Å². The van der Waals surface area contributed by atoms with Crippen LogP contribution in [0.1, 0.15) is 12.8 Å². The third kappa shape index (κ3) is 3.10. The van der Waals surface area contributed by atoms with E-state index in [1.54, 1.807) is 0 Å². The van der Waals surface area contributed by atoms with Gasteiger partial charge in [0.25, 0.3) is 0 Å². The Bertz CT molecular complexity index is 391. The summed E-state index contributed by atoms with van der Waals surface area (Å²) < 4.78 is 10.8. The van der Waals surface area contributed by atoms with Crippen LogP contribution in [0.5, 0.6) is 0 Å². The van der Waals surface area contributed by atoms with Gasteiger partial charge in [-0.25, -0.2) is 0 Å². The van der Waals surface area contributed by atoms with Crippen molar-refractivity contribution < 1.29 is 19.9 Å². The molecule has 0 amide bonds. The minimum absolute atomic E-state index is 0.00269. The summed E-state index contributed by atoms with van der Waals surface area (Å²) in [4.78, 5) is 4.50. The fourth-order valence-electron chi connectivity index (χ4n) is 3.66. The summed E-state index contributed by atoms with van der Waals surface area (Å²) in [6, 6.07) is -0.00539. The predicted molar refractivity (Wildman–Crippen MR) is 80.0 cm³/mol. The Morgan fingerprint density at radius 1 is 0.727 bits per heavy atom. The number of morpholine rings is 2. The van der Waals surface area contributed by atoms with Crippen LogP contribution in [0.25, 0.3) is 0 Å². The molecule has 22 heavy (non-hydrogen) atoms. The maximum atomic E-state index is 9.50. The SMILES string of the molecule is ON=C1/C(=N/O)[C@@H](N2CCOCC2)CC[C@H]1N1CCOCC1. The van der Waals surface area contributed by atoms with E-state index in [9.17, 15) is 10.4 Å². The van der Waals surface area contributed by atoms with Crippen LogP contribution in [0.3, 0.4) is 0 Å². The van der Waals surface area contributed by atoms with Gasteiger partial charge >= 0.3 is 0 Å². The maximum Gasteiger partial charge on any atom is 0.123 e. The van der Waals surface area contributed by atoms with E-state index in [0.717, 1.165) is 39.0 Å². The van der Waals surface area contributed by atoms with E-state index in [1.807, 2.05) is 0 Å². The summed E-state index contributed by atoms with van der Waals surface area (Å²) in [6.07, 6.45) is 1.78. The average molecular weight is 312 g/mol. The minimum atomic E-state index is -0.00269. The van der Waals surface area contributed by atoms with Crippen molar-refractivity contribution in [1.82, 2.24) is 9.80 Å². The summed E-state index contributed by atoms with van der Waals surface area (Å²) >= 11 is 0. The van der Waals surface area contributed by atoms with Crippen molar-refractivity contribution in [1.29, 1.82) is 0 Å². The average Bonchev–Trinajstić information content (AvgIpc) is 2.61. The molecule has 2 heterocycles. The van der Waals surface area contributed by atoms with Crippen LogP contribution >= 0.6 is 0 Å². The second-order valence-corrected chi connectivity index (χ2v) is 5.88. The number of rotatable bonds is 2. The lowest BCUT2D eigenvalue weighted by atomic mass is 9.85. The first kappa shape index (κ1) is 15.7. The molecule has 3 aliphatic rings. The molecule has 0 spiro atoms. The summed E-state index contributed by atoms with van der Waals surface area (Å²) in [5, 5.41) is 26.0. The Hall–Kier alpha value is -1.22. The summed E-state index contributed by atoms with van der Waals surface area (Å²) in [7, 11) is 0. The molecule has 0 bridgehead atoms. The van der Waals surface area contributed by atoms with E-state index in [1.165, 1.54) is 0 Å². The summed E-state index contributed by atoms with van der Waals surface area (Å²) in [6.45, 7) is 5.99. The van der Waals surface area contributed by atoms with Gasteiger partial charge in [-0.2, -0.15) is 0 Å². The maximum absolute atomic E-state index is 9.50. The van der Waals surface area contributed by atoms with Crippen LogP contribution < -0.4 is 0 Å². The molecule has 2 N–H and O–H groups in total. The van der Waals surface area contributed by atoms with Crippen molar-refractivity contribution in [2.45, 2.75) is 24.9 Å². The lowest BCUT2D eigenvalue weighted by molar-refractivity contribution is 0.0154. The first-order valence-electron chi connectivity index (χ1n) is 7.93. The fourth-order valence-corrected chi connectivity index (χ4v) is 3.66. The normalized spacial score (nSPS) is 36.0. The molecule has 3 rings (SSSR count). The lowest BCUT2D eigenvalue weighted by Gasteiger charge is -2.42. The highest BCUT2D eigenvalue weighted by Gasteiger charge is 2.40. The van der Waals surface area contributed by atoms with E-state index < -0.39 is 0 Å². The third-order valence-corrected chi connectivity index (χ3v) is 4.80. The number of hydrogen-bond acceptors (Lipinski definition) is 8. The molecule has 124 valence electrons. The predicted octanol–water partition coefficient (Wildman–Crippen LogP) is -0.158. The Kier molecular flexibility index (Phi) is 5.24. The Balaban J connectivity index is 1.76. The molecule has 0 aromatic rings. The van der Waals surface area contributed by atoms with E-state index in [-0.39, 0.29) is 12.1 Å². The molecule has 8 heteroatoms. The quantitative estimate of drug-likeness (QED) is 0.544. The van der Waals surface area contributed by atoms with Crippen molar-refractivity contribution >= 4 is 11.4 Å². The molecule has 0 aromatic carbocycles. The van der Waals surface area contributed by atoms with Crippen LogP contribution in [-0.2, 0) is 9.47 Å². The van der Waals surface area contributed by atoms with Crippen molar-refractivity contribution in [2.75, 3.05) is 52.6 Å². The molecular formula is C14H24N4O4. The van der Waals surface area contributed by atoms with Gasteiger partial charge in [0.2, 0.25) is 0 Å². The molecule has 0 radical (unpaired) electrons. The number of hydrogen-bond donors (Lipinski definition) is 2. The van der Waals surface area contributed by atoms with Gasteiger partial charge in [-0.05, 0) is 12.8 Å². The Labute approximate surface area is 129 Å². The van der Waals surface area contributed by atoms with Gasteiger partial charge in [0.05, 0.1) is 38.5 Å². The van der Waals surface area contributed by atoms with E-state index in [2.05, 4.69) is 20.1 Å². The molecule has 1 aliphatic carbocycles. The molecule has 3 fully saturated rings. The van der Waals surface area contributed by atoms with Crippen molar-refractivity contribution in [2.24, 2.45) is 10.3 Å². The molecular weight excluding hydrogens is 288 g/mol. The number of oxime groups is 2.